The molecule has 3 heteroatoms. The van der Waals surface area contributed by atoms with Gasteiger partial charge in [-0.2, -0.15) is 5.26 Å². The van der Waals surface area contributed by atoms with E-state index in [4.69, 9.17) is 10.4 Å². The van der Waals surface area contributed by atoms with E-state index in [0.717, 1.165) is 25.7 Å². The van der Waals surface area contributed by atoms with Crippen molar-refractivity contribution in [1.29, 1.82) is 5.26 Å². The number of nitriles is 1. The third kappa shape index (κ3) is 2.31. The number of Topliss-reactive ketones (excluding diaryl/α,β-unsaturated/α-hetero) is 1. The van der Waals surface area contributed by atoms with Crippen molar-refractivity contribution >= 4 is 5.78 Å². The Labute approximate surface area is 72.0 Å². The third-order valence-electron chi connectivity index (χ3n) is 2.30. The second-order valence-corrected chi connectivity index (χ2v) is 3.39. The van der Waals surface area contributed by atoms with Crippen LogP contribution >= 0.6 is 0 Å². The molecule has 2 rings (SSSR count). The van der Waals surface area contributed by atoms with Crippen molar-refractivity contribution in [2.45, 2.75) is 44.1 Å². The van der Waals surface area contributed by atoms with Crippen molar-refractivity contribution in [1.82, 2.24) is 0 Å². The van der Waals surface area contributed by atoms with Gasteiger partial charge < -0.3 is 5.11 Å². The van der Waals surface area contributed by atoms with Gasteiger partial charge in [0.1, 0.15) is 5.78 Å². The van der Waals surface area contributed by atoms with E-state index >= 15 is 0 Å². The van der Waals surface area contributed by atoms with Gasteiger partial charge in [0.2, 0.25) is 0 Å². The Balaban J connectivity index is 0.000000127. The molecule has 0 aromatic rings. The number of nitrogens with zero attached hydrogens (tertiary/aromatic N) is 1. The summed E-state index contributed by atoms with van der Waals surface area (Å²) in [5.74, 6) is 0.435. The van der Waals surface area contributed by atoms with Crippen molar-refractivity contribution in [3.05, 3.63) is 0 Å². The molecule has 0 aromatic heterocycles. The van der Waals surface area contributed by atoms with Crippen LogP contribution in [0, 0.1) is 11.3 Å². The number of aliphatic hydroxyl groups is 1. The van der Waals surface area contributed by atoms with Crippen LogP contribution < -0.4 is 0 Å². The maximum Gasteiger partial charge on any atom is 0.151 e. The predicted molar refractivity (Wildman–Crippen MR) is 43.3 cm³/mol. The lowest BCUT2D eigenvalue weighted by atomic mass is 9.82. The van der Waals surface area contributed by atoms with Gasteiger partial charge in [0.25, 0.3) is 0 Å². The Morgan fingerprint density at radius 3 is 1.83 bits per heavy atom. The molecule has 1 N–H and O–H groups in total. The van der Waals surface area contributed by atoms with Gasteiger partial charge in [0.05, 0.1) is 6.07 Å². The number of ketones is 1. The molecule has 0 unspecified atom stereocenters. The molecule has 12 heavy (non-hydrogen) atoms. The summed E-state index contributed by atoms with van der Waals surface area (Å²) in [6, 6.07) is 1.83. The van der Waals surface area contributed by atoms with Gasteiger partial charge in [-0.1, -0.05) is 0 Å². The highest BCUT2D eigenvalue weighted by Gasteiger charge is 2.33. The van der Waals surface area contributed by atoms with Gasteiger partial charge in [0, 0.05) is 12.8 Å². The van der Waals surface area contributed by atoms with Crippen molar-refractivity contribution in [3.8, 4) is 6.07 Å². The lowest BCUT2D eigenvalue weighted by Crippen LogP contribution is -2.34. The minimum atomic E-state index is -0.931. The fourth-order valence-corrected chi connectivity index (χ4v) is 0.945. The molecule has 66 valence electrons. The first-order valence-corrected chi connectivity index (χ1v) is 4.32. The van der Waals surface area contributed by atoms with Crippen molar-refractivity contribution in [2.24, 2.45) is 0 Å². The van der Waals surface area contributed by atoms with Crippen LogP contribution in [-0.2, 0) is 4.79 Å². The quantitative estimate of drug-likeness (QED) is 0.551. The van der Waals surface area contributed by atoms with Crippen LogP contribution in [-0.4, -0.2) is 16.5 Å². The van der Waals surface area contributed by atoms with Crippen LogP contribution in [0.2, 0.25) is 0 Å². The molecule has 3 nitrogen and oxygen atoms in total. The number of rotatable bonds is 0. The van der Waals surface area contributed by atoms with Crippen LogP contribution in [0.1, 0.15) is 38.5 Å². The second kappa shape index (κ2) is 3.68. The Kier molecular flexibility index (Phi) is 2.83. The summed E-state index contributed by atoms with van der Waals surface area (Å²) in [6.45, 7) is 0. The zero-order chi connectivity index (χ0) is 9.03. The fourth-order valence-electron chi connectivity index (χ4n) is 0.945. The summed E-state index contributed by atoms with van der Waals surface area (Å²) in [5.41, 5.74) is -0.931. The molecule has 2 aliphatic carbocycles. The summed E-state index contributed by atoms with van der Waals surface area (Å²) >= 11 is 0. The van der Waals surface area contributed by atoms with Crippen LogP contribution in [0.4, 0.5) is 0 Å². The number of carbonyl (C=O) groups is 1. The van der Waals surface area contributed by atoms with Gasteiger partial charge in [-0.3, -0.25) is 4.79 Å². The zero-order valence-corrected chi connectivity index (χ0v) is 7.05. The van der Waals surface area contributed by atoms with Gasteiger partial charge in [0.15, 0.2) is 5.60 Å². The molecule has 0 amide bonds. The Morgan fingerprint density at radius 2 is 1.83 bits per heavy atom. The summed E-state index contributed by atoms with van der Waals surface area (Å²) in [7, 11) is 0. The predicted octanol–water partition coefficient (Wildman–Crippen LogP) is 1.16. The summed E-state index contributed by atoms with van der Waals surface area (Å²) < 4.78 is 0. The molecule has 2 aliphatic rings. The third-order valence-corrected chi connectivity index (χ3v) is 2.30. The SMILES string of the molecule is N#CC1(O)CCC1.O=C1CCC1. The molecule has 2 fully saturated rings. The van der Waals surface area contributed by atoms with Crippen molar-refractivity contribution in [3.63, 3.8) is 0 Å². The van der Waals surface area contributed by atoms with E-state index in [-0.39, 0.29) is 0 Å². The van der Waals surface area contributed by atoms with Gasteiger partial charge in [-0.25, -0.2) is 0 Å². The molecule has 0 saturated heterocycles. The molecular formula is C9H13NO2. The molecule has 0 atom stereocenters. The standard InChI is InChI=1S/C5H7NO.C4H6O/c6-4-5(7)2-1-3-5;5-4-2-1-3-4/h7H,1-3H2;1-3H2. The average Bonchev–Trinajstić information content (AvgIpc) is 1.98. The summed E-state index contributed by atoms with van der Waals surface area (Å²) in [5, 5.41) is 17.0. The first-order chi connectivity index (χ1) is 5.66. The van der Waals surface area contributed by atoms with Crippen LogP contribution in [0.25, 0.3) is 0 Å². The van der Waals surface area contributed by atoms with E-state index < -0.39 is 5.60 Å². The van der Waals surface area contributed by atoms with E-state index in [2.05, 4.69) is 0 Å². The highest BCUT2D eigenvalue weighted by atomic mass is 16.3. The highest BCUT2D eigenvalue weighted by Crippen LogP contribution is 2.29. The monoisotopic (exact) mass is 167 g/mol. The summed E-state index contributed by atoms with van der Waals surface area (Å²) in [4.78, 5) is 9.90. The van der Waals surface area contributed by atoms with Gasteiger partial charge >= 0.3 is 0 Å². The van der Waals surface area contributed by atoms with Crippen molar-refractivity contribution in [2.75, 3.05) is 0 Å². The lowest BCUT2D eigenvalue weighted by Gasteiger charge is -2.28. The zero-order valence-electron chi connectivity index (χ0n) is 7.05. The average molecular weight is 167 g/mol. The normalized spacial score (nSPS) is 23.8. The minimum Gasteiger partial charge on any atom is -0.375 e. The Bertz CT molecular complexity index is 207. The molecule has 2 saturated carbocycles. The Hall–Kier alpha value is -0.880. The smallest absolute Gasteiger partial charge is 0.151 e. The van der Waals surface area contributed by atoms with Gasteiger partial charge in [-0.15, -0.1) is 0 Å². The van der Waals surface area contributed by atoms with Crippen LogP contribution in [0.3, 0.4) is 0 Å². The molecule has 0 aliphatic heterocycles. The first kappa shape index (κ1) is 9.21. The highest BCUT2D eigenvalue weighted by molar-refractivity contribution is 5.83. The molecule has 0 bridgehead atoms. The lowest BCUT2D eigenvalue weighted by molar-refractivity contribution is -0.123. The number of hydrogen-bond acceptors (Lipinski definition) is 3. The largest absolute Gasteiger partial charge is 0.375 e. The van der Waals surface area contributed by atoms with Crippen LogP contribution in [0.5, 0.6) is 0 Å². The molecule has 0 aromatic carbocycles. The topological polar surface area (TPSA) is 61.1 Å². The number of hydrogen-bond donors (Lipinski definition) is 1. The van der Waals surface area contributed by atoms with Crippen LogP contribution in [0.15, 0.2) is 0 Å². The fraction of sp³-hybridized carbons (Fsp3) is 0.778. The van der Waals surface area contributed by atoms with E-state index in [1.165, 1.54) is 0 Å². The molecule has 0 radical (unpaired) electrons. The molecule has 0 heterocycles. The van der Waals surface area contributed by atoms with E-state index in [9.17, 15) is 4.79 Å². The second-order valence-electron chi connectivity index (χ2n) is 3.39. The van der Waals surface area contributed by atoms with E-state index in [1.54, 1.807) is 0 Å². The maximum atomic E-state index is 9.90. The van der Waals surface area contributed by atoms with E-state index in [1.807, 2.05) is 6.07 Å². The van der Waals surface area contributed by atoms with Gasteiger partial charge in [-0.05, 0) is 25.7 Å². The molecule has 0 spiro atoms. The summed E-state index contributed by atoms with van der Waals surface area (Å²) in [6.07, 6.45) is 5.18. The van der Waals surface area contributed by atoms with E-state index in [0.29, 0.717) is 18.6 Å². The molecular weight excluding hydrogens is 154 g/mol. The number of carbonyl (C=O) groups excluding carboxylic acids is 1. The Morgan fingerprint density at radius 1 is 1.33 bits per heavy atom. The maximum absolute atomic E-state index is 9.90. The minimum absolute atomic E-state index is 0.435. The first-order valence-electron chi connectivity index (χ1n) is 4.32. The van der Waals surface area contributed by atoms with Crippen molar-refractivity contribution < 1.29 is 9.90 Å².